The van der Waals surface area contributed by atoms with E-state index in [2.05, 4.69) is 0 Å². The van der Waals surface area contributed by atoms with E-state index in [0.717, 1.165) is 24.0 Å². The summed E-state index contributed by atoms with van der Waals surface area (Å²) in [5.74, 6) is 0. The minimum Gasteiger partial charge on any atom is -0.0843 e. The third-order valence-electron chi connectivity index (χ3n) is 2.71. The van der Waals surface area contributed by atoms with Crippen molar-refractivity contribution in [3.63, 3.8) is 0 Å². The third kappa shape index (κ3) is 3.33. The average Bonchev–Trinajstić information content (AvgIpc) is 2.33. The second-order valence-electron chi connectivity index (χ2n) is 3.95. The molecule has 0 N–H and O–H groups in total. The van der Waals surface area contributed by atoms with Crippen LogP contribution in [0.4, 0.5) is 0 Å². The van der Waals surface area contributed by atoms with Crippen LogP contribution in [-0.2, 0) is 12.8 Å². The van der Waals surface area contributed by atoms with Gasteiger partial charge in [-0.3, -0.25) is 0 Å². The van der Waals surface area contributed by atoms with Crippen molar-refractivity contribution in [1.29, 1.82) is 0 Å². The van der Waals surface area contributed by atoms with Gasteiger partial charge in [-0.25, -0.2) is 0 Å². The van der Waals surface area contributed by atoms with Crippen LogP contribution in [0.25, 0.3) is 0 Å². The van der Waals surface area contributed by atoms with Gasteiger partial charge in [-0.2, -0.15) is 0 Å². The zero-order chi connectivity index (χ0) is 13.1. The molecule has 18 heavy (non-hydrogen) atoms. The molecular formula is C14H10Cl4. The molecule has 2 aromatic carbocycles. The Bertz CT molecular complexity index is 564. The Balaban J connectivity index is 2.14. The zero-order valence-corrected chi connectivity index (χ0v) is 12.4. The molecule has 0 saturated carbocycles. The van der Waals surface area contributed by atoms with E-state index < -0.39 is 0 Å². The number of rotatable bonds is 3. The summed E-state index contributed by atoms with van der Waals surface area (Å²) in [4.78, 5) is 0. The molecule has 0 saturated heterocycles. The van der Waals surface area contributed by atoms with Gasteiger partial charge in [0.15, 0.2) is 0 Å². The standard InChI is InChI=1S/C14H10Cl4/c15-11-7-6-9(13(17)8-11)4-5-10-2-1-3-12(16)14(10)18/h1-3,6-8H,4-5H2. The molecule has 2 aromatic rings. The minimum absolute atomic E-state index is 0.580. The summed E-state index contributed by atoms with van der Waals surface area (Å²) in [6, 6.07) is 11.2. The summed E-state index contributed by atoms with van der Waals surface area (Å²) < 4.78 is 0. The first-order chi connectivity index (χ1) is 8.58. The molecule has 0 bridgehead atoms. The van der Waals surface area contributed by atoms with Gasteiger partial charge in [0.05, 0.1) is 10.0 Å². The number of hydrogen-bond donors (Lipinski definition) is 0. The first-order valence-electron chi connectivity index (χ1n) is 5.45. The van der Waals surface area contributed by atoms with Crippen LogP contribution in [0.15, 0.2) is 36.4 Å². The first kappa shape index (κ1) is 14.0. The summed E-state index contributed by atoms with van der Waals surface area (Å²) in [7, 11) is 0. The fourth-order valence-electron chi connectivity index (χ4n) is 1.74. The van der Waals surface area contributed by atoms with Crippen molar-refractivity contribution in [1.82, 2.24) is 0 Å². The van der Waals surface area contributed by atoms with Crippen LogP contribution in [0, 0.1) is 0 Å². The maximum atomic E-state index is 6.14. The molecule has 94 valence electrons. The predicted molar refractivity (Wildman–Crippen MR) is 80.3 cm³/mol. The van der Waals surface area contributed by atoms with Crippen LogP contribution in [-0.4, -0.2) is 0 Å². The van der Waals surface area contributed by atoms with Gasteiger partial charge < -0.3 is 0 Å². The zero-order valence-electron chi connectivity index (χ0n) is 9.39. The molecule has 2 rings (SSSR count). The highest BCUT2D eigenvalue weighted by Gasteiger charge is 2.06. The molecule has 0 aliphatic heterocycles. The normalized spacial score (nSPS) is 10.7. The predicted octanol–water partition coefficient (Wildman–Crippen LogP) is 6.09. The van der Waals surface area contributed by atoms with E-state index >= 15 is 0 Å². The van der Waals surface area contributed by atoms with Crippen molar-refractivity contribution < 1.29 is 0 Å². The molecule has 0 spiro atoms. The van der Waals surface area contributed by atoms with Crippen LogP contribution < -0.4 is 0 Å². The Morgan fingerprint density at radius 2 is 1.44 bits per heavy atom. The Morgan fingerprint density at radius 1 is 0.722 bits per heavy atom. The fraction of sp³-hybridized carbons (Fsp3) is 0.143. The van der Waals surface area contributed by atoms with Gasteiger partial charge in [-0.15, -0.1) is 0 Å². The van der Waals surface area contributed by atoms with Gasteiger partial charge in [-0.05, 0) is 42.2 Å². The lowest BCUT2D eigenvalue weighted by molar-refractivity contribution is 0.961. The molecule has 0 radical (unpaired) electrons. The molecule has 0 nitrogen and oxygen atoms in total. The second-order valence-corrected chi connectivity index (χ2v) is 5.58. The number of halogens is 4. The van der Waals surface area contributed by atoms with E-state index in [-0.39, 0.29) is 0 Å². The molecule has 0 aliphatic carbocycles. The molecular weight excluding hydrogens is 310 g/mol. The lowest BCUT2D eigenvalue weighted by Crippen LogP contribution is -1.93. The second kappa shape index (κ2) is 6.16. The fourth-order valence-corrected chi connectivity index (χ4v) is 2.65. The van der Waals surface area contributed by atoms with Gasteiger partial charge in [0.1, 0.15) is 0 Å². The largest absolute Gasteiger partial charge is 0.0843 e. The molecule has 0 aromatic heterocycles. The minimum atomic E-state index is 0.580. The van der Waals surface area contributed by atoms with Crippen LogP contribution in [0.5, 0.6) is 0 Å². The van der Waals surface area contributed by atoms with Gasteiger partial charge in [0.25, 0.3) is 0 Å². The molecule has 0 heterocycles. The van der Waals surface area contributed by atoms with E-state index in [1.54, 1.807) is 12.1 Å². The van der Waals surface area contributed by atoms with Crippen molar-refractivity contribution >= 4 is 46.4 Å². The van der Waals surface area contributed by atoms with E-state index in [1.807, 2.05) is 24.3 Å². The highest BCUT2D eigenvalue weighted by molar-refractivity contribution is 6.42. The number of benzene rings is 2. The Hall–Kier alpha value is -0.400. The van der Waals surface area contributed by atoms with Crippen molar-refractivity contribution in [3.8, 4) is 0 Å². The van der Waals surface area contributed by atoms with Crippen molar-refractivity contribution in [2.45, 2.75) is 12.8 Å². The van der Waals surface area contributed by atoms with Gasteiger partial charge >= 0.3 is 0 Å². The summed E-state index contributed by atoms with van der Waals surface area (Å²) >= 11 is 24.1. The van der Waals surface area contributed by atoms with E-state index in [4.69, 9.17) is 46.4 Å². The molecule has 0 fully saturated rings. The molecule has 0 atom stereocenters. The average molecular weight is 320 g/mol. The van der Waals surface area contributed by atoms with Crippen LogP contribution in [0.1, 0.15) is 11.1 Å². The lowest BCUT2D eigenvalue weighted by Gasteiger charge is -2.07. The SMILES string of the molecule is Clc1ccc(CCc2cccc(Cl)c2Cl)c(Cl)c1. The molecule has 0 unspecified atom stereocenters. The number of hydrogen-bond acceptors (Lipinski definition) is 0. The summed E-state index contributed by atoms with van der Waals surface area (Å²) in [6.45, 7) is 0. The van der Waals surface area contributed by atoms with Gasteiger partial charge in [0, 0.05) is 10.0 Å². The summed E-state index contributed by atoms with van der Waals surface area (Å²) in [5.41, 5.74) is 2.08. The summed E-state index contributed by atoms with van der Waals surface area (Å²) in [6.07, 6.45) is 1.59. The number of aryl methyl sites for hydroxylation is 2. The van der Waals surface area contributed by atoms with Gasteiger partial charge in [0.2, 0.25) is 0 Å². The highest BCUT2D eigenvalue weighted by Crippen LogP contribution is 2.28. The smallest absolute Gasteiger partial charge is 0.0624 e. The Kier molecular flexibility index (Phi) is 4.80. The van der Waals surface area contributed by atoms with Crippen LogP contribution >= 0.6 is 46.4 Å². The molecule has 0 amide bonds. The Morgan fingerprint density at radius 3 is 2.17 bits per heavy atom. The highest BCUT2D eigenvalue weighted by atomic mass is 35.5. The molecule has 0 aliphatic rings. The van der Waals surface area contributed by atoms with Crippen molar-refractivity contribution in [2.24, 2.45) is 0 Å². The topological polar surface area (TPSA) is 0 Å². The monoisotopic (exact) mass is 318 g/mol. The van der Waals surface area contributed by atoms with Crippen molar-refractivity contribution in [2.75, 3.05) is 0 Å². The van der Waals surface area contributed by atoms with Crippen molar-refractivity contribution in [3.05, 3.63) is 67.6 Å². The van der Waals surface area contributed by atoms with E-state index in [0.29, 0.717) is 20.1 Å². The van der Waals surface area contributed by atoms with Crippen LogP contribution in [0.2, 0.25) is 20.1 Å². The van der Waals surface area contributed by atoms with E-state index in [9.17, 15) is 0 Å². The lowest BCUT2D eigenvalue weighted by atomic mass is 10.0. The third-order valence-corrected chi connectivity index (χ3v) is 4.16. The molecule has 4 heteroatoms. The maximum absolute atomic E-state index is 6.14. The van der Waals surface area contributed by atoms with Gasteiger partial charge in [-0.1, -0.05) is 64.6 Å². The van der Waals surface area contributed by atoms with Crippen LogP contribution in [0.3, 0.4) is 0 Å². The van der Waals surface area contributed by atoms with E-state index in [1.165, 1.54) is 0 Å². The summed E-state index contributed by atoms with van der Waals surface area (Å²) in [5, 5.41) is 2.52. The first-order valence-corrected chi connectivity index (χ1v) is 6.96. The Labute approximate surface area is 126 Å². The maximum Gasteiger partial charge on any atom is 0.0624 e. The quantitative estimate of drug-likeness (QED) is 0.642.